The van der Waals surface area contributed by atoms with Crippen LogP contribution in [0.25, 0.3) is 11.0 Å². The number of hydrogen-bond acceptors (Lipinski definition) is 3. The minimum absolute atomic E-state index is 0.153. The molecule has 2 fully saturated rings. The largest absolute Gasteiger partial charge is 0.342 e. The number of rotatable bonds is 3. The van der Waals surface area contributed by atoms with Crippen LogP contribution in [0.4, 0.5) is 5.69 Å². The van der Waals surface area contributed by atoms with Crippen molar-refractivity contribution in [2.24, 2.45) is 11.8 Å². The molecule has 1 N–H and O–H groups in total. The number of nitrogens with zero attached hydrogens (tertiary/aromatic N) is 3. The molecule has 34 heavy (non-hydrogen) atoms. The van der Waals surface area contributed by atoms with Gasteiger partial charge in [-0.05, 0) is 55.9 Å². The van der Waals surface area contributed by atoms with Crippen molar-refractivity contribution in [3.63, 3.8) is 0 Å². The van der Waals surface area contributed by atoms with Crippen LogP contribution >= 0.6 is 0 Å². The molecule has 3 aliphatic rings. The Kier molecular flexibility index (Phi) is 5.60. The molecule has 1 aliphatic carbocycles. The molecule has 6 rings (SSSR count). The van der Waals surface area contributed by atoms with E-state index >= 15 is 0 Å². The number of piperidine rings is 1. The van der Waals surface area contributed by atoms with E-state index in [1.807, 2.05) is 46.2 Å². The molecule has 1 saturated heterocycles. The lowest BCUT2D eigenvalue weighted by Crippen LogP contribution is -2.48. The summed E-state index contributed by atoms with van der Waals surface area (Å²) >= 11 is 0. The number of hydrogen-bond donors (Lipinski definition) is 1. The van der Waals surface area contributed by atoms with E-state index in [1.165, 1.54) is 5.56 Å². The van der Waals surface area contributed by atoms with Crippen LogP contribution in [0.2, 0.25) is 0 Å². The molecule has 3 aromatic rings. The smallest absolute Gasteiger partial charge is 0.230 e. The highest BCUT2D eigenvalue weighted by Gasteiger charge is 2.41. The number of benzene rings is 2. The van der Waals surface area contributed by atoms with E-state index in [9.17, 15) is 9.59 Å². The summed E-state index contributed by atoms with van der Waals surface area (Å²) in [7, 11) is 0. The van der Waals surface area contributed by atoms with E-state index in [4.69, 9.17) is 4.98 Å². The van der Waals surface area contributed by atoms with Crippen molar-refractivity contribution in [2.45, 2.75) is 50.9 Å². The van der Waals surface area contributed by atoms with Crippen LogP contribution in [-0.2, 0) is 16.0 Å². The van der Waals surface area contributed by atoms with Crippen molar-refractivity contribution in [3.05, 3.63) is 59.9 Å². The van der Waals surface area contributed by atoms with Gasteiger partial charge in [0.2, 0.25) is 11.8 Å². The maximum absolute atomic E-state index is 13.6. The number of likely N-dealkylation sites (tertiary alicyclic amines) is 1. The van der Waals surface area contributed by atoms with Gasteiger partial charge in [-0.25, -0.2) is 4.98 Å². The molecule has 0 bridgehead atoms. The number of carbonyl (C=O) groups excluding carboxylic acids is 2. The number of anilines is 1. The van der Waals surface area contributed by atoms with Gasteiger partial charge in [0.1, 0.15) is 5.82 Å². The van der Waals surface area contributed by atoms with Crippen LogP contribution in [0.15, 0.2) is 48.5 Å². The lowest BCUT2D eigenvalue weighted by atomic mass is 9.77. The summed E-state index contributed by atoms with van der Waals surface area (Å²) in [5, 5.41) is 0. The van der Waals surface area contributed by atoms with Crippen LogP contribution in [-0.4, -0.2) is 46.3 Å². The molecule has 1 aromatic heterocycles. The van der Waals surface area contributed by atoms with Gasteiger partial charge in [0, 0.05) is 37.2 Å². The second-order valence-corrected chi connectivity index (χ2v) is 10.1. The summed E-state index contributed by atoms with van der Waals surface area (Å²) in [6, 6.07) is 16.3. The third-order valence-corrected chi connectivity index (χ3v) is 8.15. The number of fused-ring (bicyclic) bond motifs is 2. The summed E-state index contributed by atoms with van der Waals surface area (Å²) in [6.07, 6.45) is 6.45. The lowest BCUT2D eigenvalue weighted by molar-refractivity contribution is -0.143. The molecule has 3 heterocycles. The van der Waals surface area contributed by atoms with Gasteiger partial charge in [-0.1, -0.05) is 43.2 Å². The molecule has 2 atom stereocenters. The number of aromatic nitrogens is 2. The summed E-state index contributed by atoms with van der Waals surface area (Å²) in [6.45, 7) is 2.22. The molecule has 6 nitrogen and oxygen atoms in total. The number of aromatic amines is 1. The maximum atomic E-state index is 13.6. The monoisotopic (exact) mass is 456 g/mol. The fraction of sp³-hybridized carbons (Fsp3) is 0.464. The van der Waals surface area contributed by atoms with Crippen molar-refractivity contribution in [1.82, 2.24) is 14.9 Å². The minimum atomic E-state index is -0.194. The second-order valence-electron chi connectivity index (χ2n) is 10.1. The average molecular weight is 457 g/mol. The number of para-hydroxylation sites is 3. The first-order valence-electron chi connectivity index (χ1n) is 12.8. The van der Waals surface area contributed by atoms with E-state index in [1.54, 1.807) is 0 Å². The Morgan fingerprint density at radius 2 is 1.53 bits per heavy atom. The molecular formula is C28H32N4O2. The molecule has 2 amide bonds. The number of carbonyl (C=O) groups is 2. The van der Waals surface area contributed by atoms with Crippen molar-refractivity contribution in [1.29, 1.82) is 0 Å². The first kappa shape index (κ1) is 21.4. The zero-order valence-electron chi connectivity index (χ0n) is 19.6. The van der Waals surface area contributed by atoms with Crippen LogP contribution in [0, 0.1) is 11.8 Å². The molecule has 0 radical (unpaired) electrons. The van der Waals surface area contributed by atoms with Crippen LogP contribution in [0.3, 0.4) is 0 Å². The van der Waals surface area contributed by atoms with Crippen molar-refractivity contribution in [3.8, 4) is 0 Å². The SMILES string of the molecule is O=C([C@H]1CCCC[C@@H]1C(=O)N1CCc2ccccc21)N1CCC(c2nc3ccccc3[nH]2)CC1. The lowest BCUT2D eigenvalue weighted by Gasteiger charge is -2.38. The fourth-order valence-electron chi connectivity index (χ4n) is 6.26. The topological polar surface area (TPSA) is 69.3 Å². The Hall–Kier alpha value is -3.15. The van der Waals surface area contributed by atoms with Gasteiger partial charge in [0.25, 0.3) is 0 Å². The molecule has 0 unspecified atom stereocenters. The van der Waals surface area contributed by atoms with E-state index < -0.39 is 0 Å². The molecule has 1 saturated carbocycles. The number of nitrogens with one attached hydrogen (secondary N) is 1. The minimum Gasteiger partial charge on any atom is -0.342 e. The highest BCUT2D eigenvalue weighted by Crippen LogP contribution is 2.37. The highest BCUT2D eigenvalue weighted by molar-refractivity contribution is 5.99. The standard InChI is InChI=1S/C28H32N4O2/c33-27(31-16-13-20(14-17-31)26-29-23-10-4-5-11-24(23)30-26)21-8-2-3-9-22(21)28(34)32-18-15-19-7-1-6-12-25(19)32/h1,4-7,10-12,20-22H,2-3,8-9,13-18H2,(H,29,30)/t21-,22-/m0/s1. The first-order chi connectivity index (χ1) is 16.7. The Labute approximate surface area is 200 Å². The van der Waals surface area contributed by atoms with Crippen molar-refractivity contribution < 1.29 is 9.59 Å². The highest BCUT2D eigenvalue weighted by atomic mass is 16.2. The van der Waals surface area contributed by atoms with Crippen molar-refractivity contribution >= 4 is 28.5 Å². The predicted octanol–water partition coefficient (Wildman–Crippen LogP) is 4.66. The van der Waals surface area contributed by atoms with E-state index in [0.29, 0.717) is 5.92 Å². The predicted molar refractivity (Wildman–Crippen MR) is 133 cm³/mol. The third-order valence-electron chi connectivity index (χ3n) is 8.15. The van der Waals surface area contributed by atoms with E-state index in [0.717, 1.165) is 87.1 Å². The fourth-order valence-corrected chi connectivity index (χ4v) is 6.26. The quantitative estimate of drug-likeness (QED) is 0.623. The van der Waals surface area contributed by atoms with Crippen molar-refractivity contribution in [2.75, 3.05) is 24.5 Å². The molecule has 176 valence electrons. The van der Waals surface area contributed by atoms with Gasteiger partial charge < -0.3 is 14.8 Å². The summed E-state index contributed by atoms with van der Waals surface area (Å²) < 4.78 is 0. The van der Waals surface area contributed by atoms with Gasteiger partial charge in [0.05, 0.1) is 17.0 Å². The zero-order chi connectivity index (χ0) is 23.1. The number of H-pyrrole nitrogens is 1. The maximum Gasteiger partial charge on any atom is 0.230 e. The average Bonchev–Trinajstić information content (AvgIpc) is 3.52. The Morgan fingerprint density at radius 3 is 2.32 bits per heavy atom. The molecule has 2 aliphatic heterocycles. The molecular weight excluding hydrogens is 424 g/mol. The number of imidazole rings is 1. The normalized spacial score (nSPS) is 23.3. The van der Waals surface area contributed by atoms with Crippen LogP contribution in [0.1, 0.15) is 55.8 Å². The van der Waals surface area contributed by atoms with E-state index in [-0.39, 0.29) is 23.7 Å². The van der Waals surface area contributed by atoms with E-state index in [2.05, 4.69) is 17.1 Å². The summed E-state index contributed by atoms with van der Waals surface area (Å²) in [4.78, 5) is 39.5. The molecule has 2 aromatic carbocycles. The number of amides is 2. The summed E-state index contributed by atoms with van der Waals surface area (Å²) in [5.74, 6) is 1.35. The van der Waals surface area contributed by atoms with Crippen LogP contribution < -0.4 is 4.90 Å². The Morgan fingerprint density at radius 1 is 0.824 bits per heavy atom. The molecule has 6 heteroatoms. The third kappa shape index (κ3) is 3.79. The van der Waals surface area contributed by atoms with Gasteiger partial charge in [-0.15, -0.1) is 0 Å². The van der Waals surface area contributed by atoms with Gasteiger partial charge in [-0.2, -0.15) is 0 Å². The first-order valence-corrected chi connectivity index (χ1v) is 12.8. The molecule has 0 spiro atoms. The van der Waals surface area contributed by atoms with Gasteiger partial charge in [-0.3, -0.25) is 9.59 Å². The van der Waals surface area contributed by atoms with Gasteiger partial charge >= 0.3 is 0 Å². The zero-order valence-corrected chi connectivity index (χ0v) is 19.6. The van der Waals surface area contributed by atoms with Gasteiger partial charge in [0.15, 0.2) is 0 Å². The van der Waals surface area contributed by atoms with Crippen LogP contribution in [0.5, 0.6) is 0 Å². The Bertz CT molecular complexity index is 1180. The second kappa shape index (κ2) is 8.90. The summed E-state index contributed by atoms with van der Waals surface area (Å²) in [5.41, 5.74) is 4.35. The Balaban J connectivity index is 1.13.